The Hall–Kier alpha value is -2.60. The minimum Gasteiger partial charge on any atom is -0.496 e. The van der Waals surface area contributed by atoms with Crippen LogP contribution >= 0.6 is 0 Å². The van der Waals surface area contributed by atoms with Crippen LogP contribution in [0.4, 0.5) is 5.82 Å². The molecule has 2 aromatic rings. The standard InChI is InChI=1S/C19H26N4O2/c1-12-10-13(2)22-19(17(12)18(20)24)21-11-15(23(3)4)14-8-6-7-9-16(14)25-5/h6-10,15H,11H2,1-5H3,(H2,20,24)(H,21,22). The van der Waals surface area contributed by atoms with Crippen molar-refractivity contribution in [2.75, 3.05) is 33.1 Å². The molecule has 0 saturated heterocycles. The smallest absolute Gasteiger partial charge is 0.252 e. The van der Waals surface area contributed by atoms with Crippen LogP contribution in [0.15, 0.2) is 30.3 Å². The summed E-state index contributed by atoms with van der Waals surface area (Å²) in [7, 11) is 5.67. The number of anilines is 1. The van der Waals surface area contributed by atoms with Crippen molar-refractivity contribution >= 4 is 11.7 Å². The molecule has 6 heteroatoms. The van der Waals surface area contributed by atoms with Gasteiger partial charge in [-0.15, -0.1) is 0 Å². The second-order valence-electron chi connectivity index (χ2n) is 6.27. The van der Waals surface area contributed by atoms with Crippen molar-refractivity contribution in [3.8, 4) is 5.75 Å². The molecule has 0 bridgehead atoms. The number of nitrogens with one attached hydrogen (secondary N) is 1. The van der Waals surface area contributed by atoms with E-state index in [0.717, 1.165) is 22.6 Å². The Kier molecular flexibility index (Phi) is 5.98. The van der Waals surface area contributed by atoms with Gasteiger partial charge in [0.1, 0.15) is 11.6 Å². The number of pyridine rings is 1. The molecule has 134 valence electrons. The Bertz CT molecular complexity index is 759. The molecule has 1 aromatic carbocycles. The van der Waals surface area contributed by atoms with Crippen LogP contribution in [0.2, 0.25) is 0 Å². The van der Waals surface area contributed by atoms with Gasteiger partial charge in [-0.25, -0.2) is 4.98 Å². The molecule has 1 atom stereocenters. The molecule has 1 amide bonds. The maximum atomic E-state index is 11.8. The molecule has 0 spiro atoms. The van der Waals surface area contributed by atoms with Crippen LogP contribution in [0.3, 0.4) is 0 Å². The van der Waals surface area contributed by atoms with Gasteiger partial charge in [0.2, 0.25) is 0 Å². The van der Waals surface area contributed by atoms with E-state index in [4.69, 9.17) is 10.5 Å². The zero-order valence-electron chi connectivity index (χ0n) is 15.5. The van der Waals surface area contributed by atoms with Crippen LogP contribution in [-0.4, -0.2) is 43.5 Å². The van der Waals surface area contributed by atoms with E-state index >= 15 is 0 Å². The fraction of sp³-hybridized carbons (Fsp3) is 0.368. The number of carbonyl (C=O) groups excluding carboxylic acids is 1. The van der Waals surface area contributed by atoms with Gasteiger partial charge in [-0.2, -0.15) is 0 Å². The first-order chi connectivity index (χ1) is 11.8. The van der Waals surface area contributed by atoms with Gasteiger partial charge in [0.25, 0.3) is 5.91 Å². The van der Waals surface area contributed by atoms with Gasteiger partial charge in [0, 0.05) is 17.8 Å². The van der Waals surface area contributed by atoms with Gasteiger partial charge >= 0.3 is 0 Å². The van der Waals surface area contributed by atoms with Crippen molar-refractivity contribution in [1.82, 2.24) is 9.88 Å². The molecule has 0 aliphatic heterocycles. The van der Waals surface area contributed by atoms with Gasteiger partial charge in [-0.3, -0.25) is 4.79 Å². The number of hydrogen-bond donors (Lipinski definition) is 2. The van der Waals surface area contributed by atoms with Crippen LogP contribution in [0.25, 0.3) is 0 Å². The summed E-state index contributed by atoms with van der Waals surface area (Å²) in [6.45, 7) is 4.32. The molecule has 1 heterocycles. The second kappa shape index (κ2) is 7.98. The predicted molar refractivity (Wildman–Crippen MR) is 100 cm³/mol. The minimum atomic E-state index is -0.480. The molecule has 0 radical (unpaired) electrons. The van der Waals surface area contributed by atoms with E-state index in [0.29, 0.717) is 17.9 Å². The second-order valence-corrected chi connectivity index (χ2v) is 6.27. The largest absolute Gasteiger partial charge is 0.496 e. The van der Waals surface area contributed by atoms with Crippen LogP contribution in [0, 0.1) is 13.8 Å². The van der Waals surface area contributed by atoms with Gasteiger partial charge in [-0.1, -0.05) is 18.2 Å². The maximum absolute atomic E-state index is 11.8. The van der Waals surface area contributed by atoms with Gasteiger partial charge in [0.15, 0.2) is 0 Å². The lowest BCUT2D eigenvalue weighted by molar-refractivity contribution is 0.1000. The highest BCUT2D eigenvalue weighted by atomic mass is 16.5. The third-order valence-electron chi connectivity index (χ3n) is 4.18. The summed E-state index contributed by atoms with van der Waals surface area (Å²) in [6.07, 6.45) is 0. The van der Waals surface area contributed by atoms with E-state index in [9.17, 15) is 4.79 Å². The quantitative estimate of drug-likeness (QED) is 0.808. The number of para-hydroxylation sites is 1. The molecule has 3 N–H and O–H groups in total. The third kappa shape index (κ3) is 4.28. The maximum Gasteiger partial charge on any atom is 0.252 e. The molecule has 1 aromatic heterocycles. The number of hydrogen-bond acceptors (Lipinski definition) is 5. The Morgan fingerprint density at radius 1 is 1.32 bits per heavy atom. The molecule has 6 nitrogen and oxygen atoms in total. The molecule has 0 aliphatic rings. The number of rotatable bonds is 7. The van der Waals surface area contributed by atoms with Crippen molar-refractivity contribution in [1.29, 1.82) is 0 Å². The Balaban J connectivity index is 2.33. The first kappa shape index (κ1) is 18.7. The number of nitrogens with zero attached hydrogens (tertiary/aromatic N) is 2. The minimum absolute atomic E-state index is 0.0412. The van der Waals surface area contributed by atoms with E-state index in [1.54, 1.807) is 7.11 Å². The number of amides is 1. The molecular weight excluding hydrogens is 316 g/mol. The fourth-order valence-corrected chi connectivity index (χ4v) is 2.98. The Labute approximate surface area is 149 Å². The monoisotopic (exact) mass is 342 g/mol. The molecule has 0 saturated carbocycles. The number of likely N-dealkylation sites (N-methyl/N-ethyl adjacent to an activating group) is 1. The summed E-state index contributed by atoms with van der Waals surface area (Å²) in [4.78, 5) is 18.4. The fourth-order valence-electron chi connectivity index (χ4n) is 2.98. The number of aryl methyl sites for hydroxylation is 2. The number of carbonyl (C=O) groups is 1. The van der Waals surface area contributed by atoms with E-state index in [2.05, 4.69) is 15.2 Å². The average Bonchev–Trinajstić information content (AvgIpc) is 2.54. The Morgan fingerprint density at radius 2 is 2.00 bits per heavy atom. The summed E-state index contributed by atoms with van der Waals surface area (Å²) >= 11 is 0. The zero-order valence-corrected chi connectivity index (χ0v) is 15.5. The van der Waals surface area contributed by atoms with E-state index in [-0.39, 0.29) is 6.04 Å². The lowest BCUT2D eigenvalue weighted by Gasteiger charge is -2.27. The van der Waals surface area contributed by atoms with Crippen LogP contribution in [0.1, 0.15) is 33.2 Å². The summed E-state index contributed by atoms with van der Waals surface area (Å²) in [5.74, 6) is 0.865. The first-order valence-corrected chi connectivity index (χ1v) is 8.16. The summed E-state index contributed by atoms with van der Waals surface area (Å²) in [5, 5.41) is 3.30. The van der Waals surface area contributed by atoms with Crippen molar-refractivity contribution in [2.45, 2.75) is 19.9 Å². The number of ether oxygens (including phenoxy) is 1. The average molecular weight is 342 g/mol. The molecule has 0 fully saturated rings. The summed E-state index contributed by atoms with van der Waals surface area (Å²) < 4.78 is 5.48. The first-order valence-electron chi connectivity index (χ1n) is 8.16. The zero-order chi connectivity index (χ0) is 18.6. The van der Waals surface area contributed by atoms with E-state index in [1.807, 2.05) is 58.3 Å². The van der Waals surface area contributed by atoms with Gasteiger partial charge < -0.3 is 20.7 Å². The molecule has 1 unspecified atom stereocenters. The van der Waals surface area contributed by atoms with Crippen molar-refractivity contribution in [2.24, 2.45) is 5.73 Å². The summed E-state index contributed by atoms with van der Waals surface area (Å²) in [6, 6.07) is 9.80. The number of aromatic nitrogens is 1. The highest BCUT2D eigenvalue weighted by molar-refractivity contribution is 5.99. The number of benzene rings is 1. The van der Waals surface area contributed by atoms with Crippen LogP contribution < -0.4 is 15.8 Å². The van der Waals surface area contributed by atoms with Gasteiger partial charge in [-0.05, 0) is 45.6 Å². The number of primary amides is 1. The number of nitrogens with two attached hydrogens (primary N) is 1. The normalized spacial score (nSPS) is 12.1. The molecule has 2 rings (SSSR count). The number of methoxy groups -OCH3 is 1. The molecule has 25 heavy (non-hydrogen) atoms. The SMILES string of the molecule is COc1ccccc1C(CNc1nc(C)cc(C)c1C(N)=O)N(C)C. The topological polar surface area (TPSA) is 80.5 Å². The van der Waals surface area contributed by atoms with Crippen LogP contribution in [0.5, 0.6) is 5.75 Å². The Morgan fingerprint density at radius 3 is 2.60 bits per heavy atom. The van der Waals surface area contributed by atoms with Gasteiger partial charge in [0.05, 0.1) is 18.7 Å². The highest BCUT2D eigenvalue weighted by Crippen LogP contribution is 2.28. The van der Waals surface area contributed by atoms with Crippen molar-refractivity contribution in [3.05, 3.63) is 52.7 Å². The highest BCUT2D eigenvalue weighted by Gasteiger charge is 2.20. The van der Waals surface area contributed by atoms with E-state index in [1.165, 1.54) is 0 Å². The van der Waals surface area contributed by atoms with Crippen molar-refractivity contribution < 1.29 is 9.53 Å². The van der Waals surface area contributed by atoms with Crippen LogP contribution in [-0.2, 0) is 0 Å². The molecule has 0 aliphatic carbocycles. The third-order valence-corrected chi connectivity index (χ3v) is 4.18. The predicted octanol–water partition coefficient (Wildman–Crippen LogP) is 2.52. The molecular formula is C19H26N4O2. The summed E-state index contributed by atoms with van der Waals surface area (Å²) in [5.41, 5.74) is 8.69. The van der Waals surface area contributed by atoms with E-state index < -0.39 is 5.91 Å². The lowest BCUT2D eigenvalue weighted by Crippen LogP contribution is -2.28. The lowest BCUT2D eigenvalue weighted by atomic mass is 10.0. The van der Waals surface area contributed by atoms with Crippen molar-refractivity contribution in [3.63, 3.8) is 0 Å².